The van der Waals surface area contributed by atoms with Gasteiger partial charge in [-0.3, -0.25) is 4.79 Å². The van der Waals surface area contributed by atoms with Crippen molar-refractivity contribution in [3.8, 4) is 0 Å². The molecule has 5 heteroatoms. The van der Waals surface area contributed by atoms with Gasteiger partial charge in [-0.25, -0.2) is 0 Å². The van der Waals surface area contributed by atoms with E-state index in [4.69, 9.17) is 0 Å². The van der Waals surface area contributed by atoms with E-state index in [1.54, 1.807) is 0 Å². The Morgan fingerprint density at radius 1 is 0.714 bits per heavy atom. The standard InChI is InChI=1S/C37H50N4O/c1-40-26-12-10-18-32(40)24-22-30-16-6-8-20-34(30)38-36(29-14-4-3-5-15-29)28-37(42)39-35-21-9-7-17-31(35)23-25-33-19-11-13-27-41(33)2/h3-9,14-17,20-21,32-33,36,38H,10-13,18-19,22-28H2,1-2H3,(H,39,42)/t32-,33-,36?/m0/s1. The molecular weight excluding hydrogens is 516 g/mol. The lowest BCUT2D eigenvalue weighted by Gasteiger charge is -2.32. The highest BCUT2D eigenvalue weighted by Gasteiger charge is 2.22. The van der Waals surface area contributed by atoms with Crippen LogP contribution in [0.3, 0.4) is 0 Å². The third-order valence-corrected chi connectivity index (χ3v) is 9.57. The second-order valence-corrected chi connectivity index (χ2v) is 12.5. The van der Waals surface area contributed by atoms with Crippen LogP contribution in [0.4, 0.5) is 11.4 Å². The smallest absolute Gasteiger partial charge is 0.226 e. The zero-order chi connectivity index (χ0) is 29.1. The van der Waals surface area contributed by atoms with Crippen molar-refractivity contribution in [2.24, 2.45) is 0 Å². The van der Waals surface area contributed by atoms with Gasteiger partial charge in [-0.2, -0.15) is 0 Å². The van der Waals surface area contributed by atoms with Gasteiger partial charge < -0.3 is 20.4 Å². The third-order valence-electron chi connectivity index (χ3n) is 9.57. The van der Waals surface area contributed by atoms with Crippen molar-refractivity contribution in [1.82, 2.24) is 9.80 Å². The molecular formula is C37H50N4O. The molecule has 0 aliphatic carbocycles. The summed E-state index contributed by atoms with van der Waals surface area (Å²) in [7, 11) is 4.52. The largest absolute Gasteiger partial charge is 0.377 e. The lowest BCUT2D eigenvalue weighted by atomic mass is 9.95. The summed E-state index contributed by atoms with van der Waals surface area (Å²) in [6.07, 6.45) is 12.5. The van der Waals surface area contributed by atoms with Crippen LogP contribution in [0.15, 0.2) is 78.9 Å². The Morgan fingerprint density at radius 2 is 1.24 bits per heavy atom. The molecule has 1 amide bonds. The van der Waals surface area contributed by atoms with Gasteiger partial charge in [0.25, 0.3) is 0 Å². The van der Waals surface area contributed by atoms with Gasteiger partial charge in [-0.15, -0.1) is 0 Å². The number of hydrogen-bond donors (Lipinski definition) is 2. The third kappa shape index (κ3) is 8.45. The highest BCUT2D eigenvalue weighted by molar-refractivity contribution is 5.92. The minimum Gasteiger partial charge on any atom is -0.377 e. The first-order valence-corrected chi connectivity index (χ1v) is 16.2. The first kappa shape index (κ1) is 30.3. The quantitative estimate of drug-likeness (QED) is 0.236. The number of amides is 1. The summed E-state index contributed by atoms with van der Waals surface area (Å²) in [5, 5.41) is 7.07. The first-order valence-electron chi connectivity index (χ1n) is 16.2. The number of para-hydroxylation sites is 2. The Bertz CT molecular complexity index is 1260. The maximum absolute atomic E-state index is 13.6. The molecule has 0 aromatic heterocycles. The number of likely N-dealkylation sites (tertiary alicyclic amines) is 2. The van der Waals surface area contributed by atoms with Gasteiger partial charge in [0.2, 0.25) is 5.91 Å². The van der Waals surface area contributed by atoms with Crippen LogP contribution in [0.5, 0.6) is 0 Å². The van der Waals surface area contributed by atoms with Crippen molar-refractivity contribution in [3.63, 3.8) is 0 Å². The van der Waals surface area contributed by atoms with Crippen molar-refractivity contribution in [3.05, 3.63) is 95.6 Å². The lowest BCUT2D eigenvalue weighted by molar-refractivity contribution is -0.116. The molecule has 0 radical (unpaired) electrons. The molecule has 2 aliphatic heterocycles. The molecule has 0 bridgehead atoms. The van der Waals surface area contributed by atoms with Crippen molar-refractivity contribution in [1.29, 1.82) is 0 Å². The molecule has 5 nitrogen and oxygen atoms in total. The SMILES string of the molecule is CN1CCCC[C@H]1CCc1ccccc1NC(=O)CC(Nc1ccccc1CC[C@@H]1CCCCN1C)c1ccccc1. The van der Waals surface area contributed by atoms with Crippen molar-refractivity contribution in [2.45, 2.75) is 88.8 Å². The fourth-order valence-electron chi connectivity index (χ4n) is 6.91. The highest BCUT2D eigenvalue weighted by Crippen LogP contribution is 2.29. The lowest BCUT2D eigenvalue weighted by Crippen LogP contribution is -2.36. The number of nitrogens with one attached hydrogen (secondary N) is 2. The summed E-state index contributed by atoms with van der Waals surface area (Å²) in [5.41, 5.74) is 5.77. The van der Waals surface area contributed by atoms with E-state index in [9.17, 15) is 4.79 Å². The molecule has 5 rings (SSSR count). The molecule has 2 N–H and O–H groups in total. The highest BCUT2D eigenvalue weighted by atomic mass is 16.1. The van der Waals surface area contributed by atoms with Crippen LogP contribution < -0.4 is 10.6 Å². The zero-order valence-electron chi connectivity index (χ0n) is 25.7. The Balaban J connectivity index is 1.26. The monoisotopic (exact) mass is 566 g/mol. The molecule has 2 heterocycles. The van der Waals surface area contributed by atoms with Crippen LogP contribution in [-0.2, 0) is 17.6 Å². The summed E-state index contributed by atoms with van der Waals surface area (Å²) in [6, 6.07) is 28.6. The van der Waals surface area contributed by atoms with Gasteiger partial charge in [0.15, 0.2) is 0 Å². The number of rotatable bonds is 12. The summed E-state index contributed by atoms with van der Waals surface area (Å²) in [5.74, 6) is 0.0416. The van der Waals surface area contributed by atoms with Crippen LogP contribution in [0.2, 0.25) is 0 Å². The molecule has 2 aliphatic rings. The second kappa shape index (κ2) is 15.4. The van der Waals surface area contributed by atoms with Crippen LogP contribution in [0.1, 0.15) is 80.5 Å². The number of benzene rings is 3. The van der Waals surface area contributed by atoms with E-state index < -0.39 is 0 Å². The van der Waals surface area contributed by atoms with Gasteiger partial charge >= 0.3 is 0 Å². The molecule has 2 saturated heterocycles. The Morgan fingerprint density at radius 3 is 1.83 bits per heavy atom. The number of carbonyl (C=O) groups excluding carboxylic acids is 1. The number of carbonyl (C=O) groups is 1. The van der Waals surface area contributed by atoms with Crippen LogP contribution in [0.25, 0.3) is 0 Å². The normalized spacial score (nSPS) is 20.6. The Kier molecular flexibility index (Phi) is 11.1. The van der Waals surface area contributed by atoms with E-state index in [1.165, 1.54) is 69.2 Å². The number of nitrogens with zero attached hydrogens (tertiary/aromatic N) is 2. The summed E-state index contributed by atoms with van der Waals surface area (Å²) >= 11 is 0. The number of aryl methyl sites for hydroxylation is 2. The number of anilines is 2. The molecule has 224 valence electrons. The van der Waals surface area contributed by atoms with Crippen molar-refractivity contribution < 1.29 is 4.79 Å². The van der Waals surface area contributed by atoms with E-state index in [0.717, 1.165) is 36.2 Å². The number of hydrogen-bond acceptors (Lipinski definition) is 4. The van der Waals surface area contributed by atoms with Crippen molar-refractivity contribution >= 4 is 17.3 Å². The fraction of sp³-hybridized carbons (Fsp3) is 0.486. The first-order chi connectivity index (χ1) is 20.6. The predicted molar refractivity (Wildman–Crippen MR) is 176 cm³/mol. The van der Waals surface area contributed by atoms with Crippen LogP contribution in [-0.4, -0.2) is 55.0 Å². The van der Waals surface area contributed by atoms with E-state index in [2.05, 4.69) is 101 Å². The molecule has 3 aromatic carbocycles. The van der Waals surface area contributed by atoms with Gasteiger partial charge in [-0.05, 0) is 107 Å². The van der Waals surface area contributed by atoms with E-state index in [1.807, 2.05) is 12.1 Å². The van der Waals surface area contributed by atoms with E-state index in [0.29, 0.717) is 18.5 Å². The molecule has 3 atom stereocenters. The summed E-state index contributed by atoms with van der Waals surface area (Å²) in [6.45, 7) is 2.40. The second-order valence-electron chi connectivity index (χ2n) is 12.5. The van der Waals surface area contributed by atoms with Crippen LogP contribution >= 0.6 is 0 Å². The van der Waals surface area contributed by atoms with E-state index in [-0.39, 0.29) is 11.9 Å². The zero-order valence-corrected chi connectivity index (χ0v) is 25.7. The average Bonchev–Trinajstić information content (AvgIpc) is 3.01. The van der Waals surface area contributed by atoms with Crippen LogP contribution in [0, 0.1) is 0 Å². The molecule has 1 unspecified atom stereocenters. The fourth-order valence-corrected chi connectivity index (χ4v) is 6.91. The molecule has 2 fully saturated rings. The van der Waals surface area contributed by atoms with E-state index >= 15 is 0 Å². The maximum Gasteiger partial charge on any atom is 0.226 e. The van der Waals surface area contributed by atoms with Gasteiger partial charge in [0.05, 0.1) is 12.5 Å². The molecule has 0 saturated carbocycles. The number of piperidine rings is 2. The summed E-state index contributed by atoms with van der Waals surface area (Å²) < 4.78 is 0. The molecule has 0 spiro atoms. The van der Waals surface area contributed by atoms with Gasteiger partial charge in [0, 0.05) is 23.5 Å². The predicted octanol–water partition coefficient (Wildman–Crippen LogP) is 7.70. The molecule has 3 aromatic rings. The Hall–Kier alpha value is -3.15. The minimum atomic E-state index is -0.118. The Labute approximate surface area is 253 Å². The van der Waals surface area contributed by atoms with Gasteiger partial charge in [-0.1, -0.05) is 79.6 Å². The maximum atomic E-state index is 13.6. The minimum absolute atomic E-state index is 0.0416. The summed E-state index contributed by atoms with van der Waals surface area (Å²) in [4.78, 5) is 18.6. The van der Waals surface area contributed by atoms with Crippen molar-refractivity contribution in [2.75, 3.05) is 37.8 Å². The topological polar surface area (TPSA) is 47.6 Å². The molecule has 42 heavy (non-hydrogen) atoms. The average molecular weight is 567 g/mol. The van der Waals surface area contributed by atoms with Gasteiger partial charge in [0.1, 0.15) is 0 Å².